The molecule has 2 aromatic heterocycles. The Labute approximate surface area is 177 Å². The first-order valence-corrected chi connectivity index (χ1v) is 9.58. The van der Waals surface area contributed by atoms with E-state index in [2.05, 4.69) is 25.6 Å². The summed E-state index contributed by atoms with van der Waals surface area (Å²) in [5.41, 5.74) is 1.92. The van der Waals surface area contributed by atoms with Crippen LogP contribution < -0.4 is 10.6 Å². The predicted molar refractivity (Wildman–Crippen MR) is 116 cm³/mol. The van der Waals surface area contributed by atoms with E-state index in [4.69, 9.17) is 16.9 Å². The van der Waals surface area contributed by atoms with Crippen LogP contribution in [0.5, 0.6) is 0 Å². The van der Waals surface area contributed by atoms with Gasteiger partial charge in [0, 0.05) is 30.2 Å². The lowest BCUT2D eigenvalue weighted by atomic mass is 10.1. The number of aromatic nitrogens is 3. The molecule has 0 aliphatic heterocycles. The van der Waals surface area contributed by atoms with Gasteiger partial charge < -0.3 is 10.6 Å². The van der Waals surface area contributed by atoms with E-state index in [0.717, 1.165) is 10.9 Å². The van der Waals surface area contributed by atoms with E-state index in [0.29, 0.717) is 41.7 Å². The number of halogens is 2. The Morgan fingerprint density at radius 2 is 1.83 bits per heavy atom. The fourth-order valence-electron chi connectivity index (χ4n) is 2.91. The molecule has 0 saturated carbocycles. The first-order valence-electron chi connectivity index (χ1n) is 9.20. The molecule has 0 spiro atoms. The summed E-state index contributed by atoms with van der Waals surface area (Å²) in [6.45, 7) is 1.17. The standard InChI is InChI=1S/C22H16ClFN6/c23-17-11-15(6-7-18(17)24)21-29-19-4-2-1-3-16(19)22(30-21)27-10-9-26-20-8-5-14(12-25)13-28-20/h1-8,11,13H,9-10H2,(H,26,28)(H,27,29,30). The van der Waals surface area contributed by atoms with Gasteiger partial charge in [0.1, 0.15) is 23.5 Å². The second kappa shape index (κ2) is 8.72. The number of fused-ring (bicyclic) bond motifs is 1. The van der Waals surface area contributed by atoms with Crippen molar-refractivity contribution in [1.82, 2.24) is 15.0 Å². The number of nitriles is 1. The molecule has 0 aliphatic carbocycles. The Bertz CT molecular complexity index is 1240. The first-order chi connectivity index (χ1) is 14.6. The van der Waals surface area contributed by atoms with Crippen LogP contribution in [-0.4, -0.2) is 28.0 Å². The van der Waals surface area contributed by atoms with Crippen LogP contribution >= 0.6 is 11.6 Å². The summed E-state index contributed by atoms with van der Waals surface area (Å²) >= 11 is 5.92. The molecule has 0 saturated heterocycles. The van der Waals surface area contributed by atoms with Crippen molar-refractivity contribution in [2.75, 3.05) is 23.7 Å². The summed E-state index contributed by atoms with van der Waals surface area (Å²) < 4.78 is 13.5. The van der Waals surface area contributed by atoms with Crippen molar-refractivity contribution in [1.29, 1.82) is 5.26 Å². The first kappa shape index (κ1) is 19.6. The number of hydrogen-bond acceptors (Lipinski definition) is 6. The van der Waals surface area contributed by atoms with Gasteiger partial charge in [-0.15, -0.1) is 0 Å². The number of rotatable bonds is 6. The monoisotopic (exact) mass is 418 g/mol. The minimum Gasteiger partial charge on any atom is -0.368 e. The number of para-hydroxylation sites is 1. The van der Waals surface area contributed by atoms with Gasteiger partial charge >= 0.3 is 0 Å². The van der Waals surface area contributed by atoms with Gasteiger partial charge in [-0.25, -0.2) is 19.3 Å². The van der Waals surface area contributed by atoms with Gasteiger partial charge in [0.15, 0.2) is 5.82 Å². The third-order valence-electron chi connectivity index (χ3n) is 4.40. The number of hydrogen-bond donors (Lipinski definition) is 2. The van der Waals surface area contributed by atoms with E-state index in [-0.39, 0.29) is 5.02 Å². The summed E-state index contributed by atoms with van der Waals surface area (Å²) in [6.07, 6.45) is 1.52. The van der Waals surface area contributed by atoms with Crippen LogP contribution in [0.1, 0.15) is 5.56 Å². The average Bonchev–Trinajstić information content (AvgIpc) is 2.78. The zero-order valence-corrected chi connectivity index (χ0v) is 16.5. The lowest BCUT2D eigenvalue weighted by Crippen LogP contribution is -2.15. The quantitative estimate of drug-likeness (QED) is 0.434. The summed E-state index contributed by atoms with van der Waals surface area (Å²) in [6, 6.07) is 17.6. The Kier molecular flexibility index (Phi) is 5.68. The normalized spacial score (nSPS) is 10.6. The molecule has 148 valence electrons. The van der Waals surface area contributed by atoms with Crippen LogP contribution in [0.3, 0.4) is 0 Å². The highest BCUT2D eigenvalue weighted by atomic mass is 35.5. The number of benzene rings is 2. The molecule has 0 unspecified atom stereocenters. The molecule has 0 aliphatic rings. The predicted octanol–water partition coefficient (Wildman–Crippen LogP) is 4.88. The van der Waals surface area contributed by atoms with Crippen LogP contribution in [0.15, 0.2) is 60.8 Å². The highest BCUT2D eigenvalue weighted by molar-refractivity contribution is 6.31. The number of nitrogens with zero attached hydrogens (tertiary/aromatic N) is 4. The van der Waals surface area contributed by atoms with Gasteiger partial charge in [0.25, 0.3) is 0 Å². The molecule has 2 aromatic carbocycles. The molecule has 4 aromatic rings. The smallest absolute Gasteiger partial charge is 0.162 e. The maximum absolute atomic E-state index is 13.5. The van der Waals surface area contributed by atoms with E-state index in [1.807, 2.05) is 30.3 Å². The number of pyridine rings is 1. The van der Waals surface area contributed by atoms with E-state index >= 15 is 0 Å². The molecule has 4 rings (SSSR count). The molecule has 0 radical (unpaired) electrons. The summed E-state index contributed by atoms with van der Waals surface area (Å²) in [5, 5.41) is 16.2. The minimum atomic E-state index is -0.484. The van der Waals surface area contributed by atoms with Gasteiger partial charge in [-0.3, -0.25) is 0 Å². The van der Waals surface area contributed by atoms with E-state index in [9.17, 15) is 4.39 Å². The molecule has 2 N–H and O–H groups in total. The van der Waals surface area contributed by atoms with Crippen molar-refractivity contribution in [3.8, 4) is 17.5 Å². The second-order valence-corrected chi connectivity index (χ2v) is 6.85. The number of nitrogens with one attached hydrogen (secondary N) is 2. The van der Waals surface area contributed by atoms with Gasteiger partial charge in [-0.1, -0.05) is 23.7 Å². The molecule has 0 fully saturated rings. The van der Waals surface area contributed by atoms with Crippen molar-refractivity contribution in [2.45, 2.75) is 0 Å². The molecule has 2 heterocycles. The Hall–Kier alpha value is -3.76. The van der Waals surface area contributed by atoms with Crippen LogP contribution in [0.25, 0.3) is 22.3 Å². The maximum Gasteiger partial charge on any atom is 0.162 e. The van der Waals surface area contributed by atoms with E-state index < -0.39 is 5.82 Å². The Morgan fingerprint density at radius 1 is 1.00 bits per heavy atom. The lowest BCUT2D eigenvalue weighted by Gasteiger charge is -2.12. The second-order valence-electron chi connectivity index (χ2n) is 6.44. The van der Waals surface area contributed by atoms with Crippen LogP contribution in [0, 0.1) is 17.1 Å². The van der Waals surface area contributed by atoms with Gasteiger partial charge in [-0.2, -0.15) is 5.26 Å². The van der Waals surface area contributed by atoms with Crippen molar-refractivity contribution in [2.24, 2.45) is 0 Å². The van der Waals surface area contributed by atoms with Crippen LogP contribution in [0.4, 0.5) is 16.0 Å². The van der Waals surface area contributed by atoms with E-state index in [1.54, 1.807) is 18.2 Å². The van der Waals surface area contributed by atoms with Gasteiger partial charge in [-0.05, 0) is 42.5 Å². The molecule has 0 bridgehead atoms. The van der Waals surface area contributed by atoms with Gasteiger partial charge in [0.2, 0.25) is 0 Å². The lowest BCUT2D eigenvalue weighted by molar-refractivity contribution is 0.628. The molecule has 30 heavy (non-hydrogen) atoms. The maximum atomic E-state index is 13.5. The minimum absolute atomic E-state index is 0.0258. The van der Waals surface area contributed by atoms with Crippen molar-refractivity contribution < 1.29 is 4.39 Å². The van der Waals surface area contributed by atoms with Crippen molar-refractivity contribution in [3.05, 3.63) is 77.2 Å². The highest BCUT2D eigenvalue weighted by Crippen LogP contribution is 2.27. The SMILES string of the molecule is N#Cc1ccc(NCCNc2nc(-c3ccc(F)c(Cl)c3)nc3ccccc23)nc1. The zero-order valence-electron chi connectivity index (χ0n) is 15.7. The summed E-state index contributed by atoms with van der Waals surface area (Å²) in [4.78, 5) is 13.4. The van der Waals surface area contributed by atoms with Crippen molar-refractivity contribution in [3.63, 3.8) is 0 Å². The third-order valence-corrected chi connectivity index (χ3v) is 4.69. The Morgan fingerprint density at radius 3 is 2.60 bits per heavy atom. The third kappa shape index (κ3) is 4.29. The highest BCUT2D eigenvalue weighted by Gasteiger charge is 2.11. The van der Waals surface area contributed by atoms with Crippen LogP contribution in [0.2, 0.25) is 5.02 Å². The zero-order chi connectivity index (χ0) is 20.9. The van der Waals surface area contributed by atoms with E-state index in [1.165, 1.54) is 18.3 Å². The molecule has 6 nitrogen and oxygen atoms in total. The van der Waals surface area contributed by atoms with Crippen molar-refractivity contribution >= 4 is 34.1 Å². The topological polar surface area (TPSA) is 86.5 Å². The Balaban J connectivity index is 1.53. The fraction of sp³-hybridized carbons (Fsp3) is 0.0909. The van der Waals surface area contributed by atoms with Gasteiger partial charge in [0.05, 0.1) is 16.1 Å². The fourth-order valence-corrected chi connectivity index (χ4v) is 3.09. The molecule has 0 amide bonds. The molecular formula is C22H16ClFN6. The summed E-state index contributed by atoms with van der Waals surface area (Å²) in [7, 11) is 0. The molecule has 0 atom stereocenters. The average molecular weight is 419 g/mol. The largest absolute Gasteiger partial charge is 0.368 e. The summed E-state index contributed by atoms with van der Waals surface area (Å²) in [5.74, 6) is 1.33. The molecular weight excluding hydrogens is 403 g/mol. The number of anilines is 2. The van der Waals surface area contributed by atoms with Crippen LogP contribution in [-0.2, 0) is 0 Å². The molecule has 8 heteroatoms.